The lowest BCUT2D eigenvalue weighted by Gasteiger charge is -2.18. The molecule has 0 heterocycles. The van der Waals surface area contributed by atoms with Crippen LogP contribution in [0.1, 0.15) is 187 Å². The van der Waals surface area contributed by atoms with Crippen LogP contribution in [0.2, 0.25) is 0 Å². The molecule has 1 N–H and O–H groups in total. The van der Waals surface area contributed by atoms with E-state index in [1.807, 2.05) is 0 Å². The van der Waals surface area contributed by atoms with Crippen molar-refractivity contribution in [3.8, 4) is 0 Å². The Morgan fingerprint density at radius 3 is 1.50 bits per heavy atom. The first-order valence-electron chi connectivity index (χ1n) is 17.3. The minimum absolute atomic E-state index is 0.0150. The first kappa shape index (κ1) is 38.4. The Balaban J connectivity index is 3.94. The summed E-state index contributed by atoms with van der Waals surface area (Å²) in [6.45, 7) is 4.50. The van der Waals surface area contributed by atoms with E-state index in [-0.39, 0.29) is 18.5 Å². The number of ether oxygens (including phenoxy) is 1. The van der Waals surface area contributed by atoms with Gasteiger partial charge in [0.05, 0.1) is 0 Å². The van der Waals surface area contributed by atoms with Crippen LogP contribution in [0.3, 0.4) is 0 Å². The molecule has 0 saturated heterocycles. The van der Waals surface area contributed by atoms with Gasteiger partial charge in [0.25, 0.3) is 0 Å². The third-order valence-electron chi connectivity index (χ3n) is 7.68. The third-order valence-corrected chi connectivity index (χ3v) is 7.68. The summed E-state index contributed by atoms with van der Waals surface area (Å²) in [6, 6.07) is 0. The van der Waals surface area contributed by atoms with Crippen LogP contribution in [-0.4, -0.2) is 23.1 Å². The van der Waals surface area contributed by atoms with Crippen LogP contribution >= 0.6 is 0 Å². The van der Waals surface area contributed by atoms with E-state index in [1.165, 1.54) is 83.5 Å². The molecule has 0 bridgehead atoms. The lowest BCUT2D eigenvalue weighted by Crippen LogP contribution is -2.18. The second-order valence-electron chi connectivity index (χ2n) is 11.7. The molecule has 0 spiro atoms. The summed E-state index contributed by atoms with van der Waals surface area (Å²) in [4.78, 5) is 23.2. The summed E-state index contributed by atoms with van der Waals surface area (Å²) in [5, 5.41) is 8.76. The van der Waals surface area contributed by atoms with Crippen molar-refractivity contribution in [1.82, 2.24) is 0 Å². The standard InChI is InChI=1S/C36H66O4/c1-3-5-7-9-11-12-13-14-15-16-17-18-19-20-25-29-33-36(39)40-34(30-26-22-10-8-6-4-2)31-27-23-21-24-28-32-35(37)38/h12-13,15-16,34H,3-11,14,17-33H2,1-2H3,(H,37,38)/b13-12-,16-15-. The summed E-state index contributed by atoms with van der Waals surface area (Å²) in [5.74, 6) is -0.718. The van der Waals surface area contributed by atoms with E-state index in [1.54, 1.807) is 0 Å². The van der Waals surface area contributed by atoms with Crippen LogP contribution in [-0.2, 0) is 14.3 Å². The number of allylic oxidation sites excluding steroid dienone is 4. The zero-order valence-corrected chi connectivity index (χ0v) is 26.7. The van der Waals surface area contributed by atoms with E-state index in [4.69, 9.17) is 9.84 Å². The van der Waals surface area contributed by atoms with E-state index in [0.29, 0.717) is 6.42 Å². The minimum Gasteiger partial charge on any atom is -0.481 e. The first-order chi connectivity index (χ1) is 19.6. The molecular formula is C36H66O4. The maximum absolute atomic E-state index is 12.5. The van der Waals surface area contributed by atoms with Gasteiger partial charge in [-0.3, -0.25) is 9.59 Å². The molecule has 0 aliphatic carbocycles. The molecule has 1 unspecified atom stereocenters. The Morgan fingerprint density at radius 2 is 0.975 bits per heavy atom. The topological polar surface area (TPSA) is 63.6 Å². The quantitative estimate of drug-likeness (QED) is 0.0518. The van der Waals surface area contributed by atoms with Crippen LogP contribution in [0.25, 0.3) is 0 Å². The molecule has 234 valence electrons. The highest BCUT2D eigenvalue weighted by Crippen LogP contribution is 2.18. The van der Waals surface area contributed by atoms with Gasteiger partial charge < -0.3 is 9.84 Å². The lowest BCUT2D eigenvalue weighted by atomic mass is 10.0. The molecule has 0 aliphatic heterocycles. The summed E-state index contributed by atoms with van der Waals surface area (Å²) >= 11 is 0. The van der Waals surface area contributed by atoms with Gasteiger partial charge in [-0.25, -0.2) is 0 Å². The molecule has 0 fully saturated rings. The van der Waals surface area contributed by atoms with Gasteiger partial charge >= 0.3 is 11.9 Å². The molecule has 0 aliphatic rings. The molecule has 0 rings (SSSR count). The van der Waals surface area contributed by atoms with Crippen LogP contribution in [0, 0.1) is 0 Å². The molecule has 0 aromatic heterocycles. The predicted molar refractivity (Wildman–Crippen MR) is 172 cm³/mol. The maximum Gasteiger partial charge on any atom is 0.306 e. The third kappa shape index (κ3) is 31.0. The minimum atomic E-state index is -0.703. The predicted octanol–water partition coefficient (Wildman–Crippen LogP) is 11.7. The first-order valence-corrected chi connectivity index (χ1v) is 17.3. The van der Waals surface area contributed by atoms with E-state index in [2.05, 4.69) is 38.2 Å². The maximum atomic E-state index is 12.5. The number of aliphatic carboxylic acids is 1. The van der Waals surface area contributed by atoms with Crippen molar-refractivity contribution in [2.75, 3.05) is 0 Å². The monoisotopic (exact) mass is 562 g/mol. The Morgan fingerprint density at radius 1 is 0.550 bits per heavy atom. The fourth-order valence-corrected chi connectivity index (χ4v) is 5.10. The van der Waals surface area contributed by atoms with Crippen molar-refractivity contribution >= 4 is 11.9 Å². The molecular weight excluding hydrogens is 496 g/mol. The number of hydrogen-bond acceptors (Lipinski definition) is 3. The Kier molecular flexibility index (Phi) is 30.7. The Labute approximate surface area is 248 Å². The smallest absolute Gasteiger partial charge is 0.306 e. The molecule has 0 radical (unpaired) electrons. The van der Waals surface area contributed by atoms with E-state index >= 15 is 0 Å². The summed E-state index contributed by atoms with van der Waals surface area (Å²) < 4.78 is 5.93. The molecule has 40 heavy (non-hydrogen) atoms. The molecule has 0 saturated carbocycles. The van der Waals surface area contributed by atoms with Crippen molar-refractivity contribution in [3.05, 3.63) is 24.3 Å². The van der Waals surface area contributed by atoms with E-state index in [0.717, 1.165) is 77.0 Å². The number of rotatable bonds is 31. The molecule has 0 aromatic rings. The largest absolute Gasteiger partial charge is 0.481 e. The number of carbonyl (C=O) groups is 2. The number of unbranched alkanes of at least 4 members (excludes halogenated alkanes) is 18. The number of hydrogen-bond donors (Lipinski definition) is 1. The number of esters is 1. The summed E-state index contributed by atoms with van der Waals surface area (Å²) in [6.07, 6.45) is 39.0. The van der Waals surface area contributed by atoms with Gasteiger partial charge in [-0.1, -0.05) is 128 Å². The van der Waals surface area contributed by atoms with Gasteiger partial charge in [-0.2, -0.15) is 0 Å². The summed E-state index contributed by atoms with van der Waals surface area (Å²) in [7, 11) is 0. The van der Waals surface area contributed by atoms with Crippen molar-refractivity contribution in [2.45, 2.75) is 193 Å². The van der Waals surface area contributed by atoms with Gasteiger partial charge in [0.1, 0.15) is 6.10 Å². The highest BCUT2D eigenvalue weighted by Gasteiger charge is 2.14. The van der Waals surface area contributed by atoms with Crippen LogP contribution in [0.4, 0.5) is 0 Å². The van der Waals surface area contributed by atoms with E-state index < -0.39 is 5.97 Å². The lowest BCUT2D eigenvalue weighted by molar-refractivity contribution is -0.150. The van der Waals surface area contributed by atoms with Crippen LogP contribution < -0.4 is 0 Å². The second kappa shape index (κ2) is 31.9. The fourth-order valence-electron chi connectivity index (χ4n) is 5.10. The highest BCUT2D eigenvalue weighted by molar-refractivity contribution is 5.69. The molecule has 0 amide bonds. The van der Waals surface area contributed by atoms with Crippen molar-refractivity contribution < 1.29 is 19.4 Å². The Hall–Kier alpha value is -1.58. The van der Waals surface area contributed by atoms with Gasteiger partial charge in [0, 0.05) is 12.8 Å². The molecule has 4 heteroatoms. The summed E-state index contributed by atoms with van der Waals surface area (Å²) in [5.41, 5.74) is 0. The van der Waals surface area contributed by atoms with Crippen LogP contribution in [0.15, 0.2) is 24.3 Å². The molecule has 1 atom stereocenters. The van der Waals surface area contributed by atoms with Crippen molar-refractivity contribution in [1.29, 1.82) is 0 Å². The van der Waals surface area contributed by atoms with Gasteiger partial charge in [-0.15, -0.1) is 0 Å². The average Bonchev–Trinajstić information content (AvgIpc) is 2.93. The molecule has 4 nitrogen and oxygen atoms in total. The highest BCUT2D eigenvalue weighted by atomic mass is 16.5. The van der Waals surface area contributed by atoms with Crippen molar-refractivity contribution in [2.24, 2.45) is 0 Å². The van der Waals surface area contributed by atoms with Gasteiger partial charge in [-0.05, 0) is 70.6 Å². The number of carbonyl (C=O) groups excluding carboxylic acids is 1. The number of carboxylic acid groups (broad SMARTS) is 1. The van der Waals surface area contributed by atoms with Crippen molar-refractivity contribution in [3.63, 3.8) is 0 Å². The van der Waals surface area contributed by atoms with Gasteiger partial charge in [0.2, 0.25) is 0 Å². The number of carboxylic acids is 1. The normalized spacial score (nSPS) is 12.4. The SMILES string of the molecule is CCCCCC/C=C\C/C=C\CCCCCCCC(=O)OC(CCCCCCCC)CCCCCCCC(=O)O. The Bertz CT molecular complexity index is 610. The second-order valence-corrected chi connectivity index (χ2v) is 11.7. The fraction of sp³-hybridized carbons (Fsp3) is 0.833. The average molecular weight is 563 g/mol. The van der Waals surface area contributed by atoms with Crippen LogP contribution in [0.5, 0.6) is 0 Å². The van der Waals surface area contributed by atoms with E-state index in [9.17, 15) is 9.59 Å². The zero-order chi connectivity index (χ0) is 29.4. The molecule has 0 aromatic carbocycles. The van der Waals surface area contributed by atoms with Gasteiger partial charge in [0.15, 0.2) is 0 Å². The zero-order valence-electron chi connectivity index (χ0n) is 26.7.